The highest BCUT2D eigenvalue weighted by molar-refractivity contribution is 5.77. The van der Waals surface area contributed by atoms with Gasteiger partial charge in [0, 0.05) is 5.69 Å². The first-order chi connectivity index (χ1) is 7.93. The Labute approximate surface area is 102 Å². The van der Waals surface area contributed by atoms with Gasteiger partial charge in [-0.25, -0.2) is 0 Å². The first kappa shape index (κ1) is 12.3. The maximum absolute atomic E-state index is 10.9. The Morgan fingerprint density at radius 2 is 2.24 bits per heavy atom. The van der Waals surface area contributed by atoms with Crippen LogP contribution in [0.2, 0.25) is 0 Å². The molecule has 0 radical (unpaired) electrons. The van der Waals surface area contributed by atoms with Gasteiger partial charge in [-0.2, -0.15) is 5.10 Å². The van der Waals surface area contributed by atoms with Gasteiger partial charge in [0.2, 0.25) is 0 Å². The standard InChI is InChI=1S/C13H20N2O2/c1-9-12(8-16)10(2)15(14-9)7-11-5-6-13(3,4)17-11/h8,11H,5-7H2,1-4H3. The number of aryl methyl sites for hydroxylation is 1. The van der Waals surface area contributed by atoms with E-state index in [1.807, 2.05) is 18.5 Å². The molecule has 1 aromatic heterocycles. The quantitative estimate of drug-likeness (QED) is 0.756. The van der Waals surface area contributed by atoms with E-state index in [9.17, 15) is 4.79 Å². The van der Waals surface area contributed by atoms with Crippen molar-refractivity contribution >= 4 is 6.29 Å². The van der Waals surface area contributed by atoms with Gasteiger partial charge in [-0.1, -0.05) is 0 Å². The fourth-order valence-corrected chi connectivity index (χ4v) is 2.46. The van der Waals surface area contributed by atoms with Crippen LogP contribution in [-0.2, 0) is 11.3 Å². The zero-order valence-electron chi connectivity index (χ0n) is 11.0. The number of aromatic nitrogens is 2. The number of aldehydes is 1. The summed E-state index contributed by atoms with van der Waals surface area (Å²) in [5, 5.41) is 4.40. The van der Waals surface area contributed by atoms with E-state index in [0.717, 1.165) is 37.1 Å². The average Bonchev–Trinajstić information content (AvgIpc) is 2.69. The number of carbonyl (C=O) groups is 1. The second-order valence-corrected chi connectivity index (χ2v) is 5.42. The third-order valence-electron chi connectivity index (χ3n) is 3.49. The molecule has 2 heterocycles. The Balaban J connectivity index is 2.12. The molecule has 1 aromatic rings. The predicted octanol–water partition coefficient (Wildman–Crippen LogP) is 2.27. The molecule has 0 aromatic carbocycles. The topological polar surface area (TPSA) is 44.1 Å². The molecular weight excluding hydrogens is 216 g/mol. The van der Waals surface area contributed by atoms with E-state index in [1.165, 1.54) is 0 Å². The van der Waals surface area contributed by atoms with Gasteiger partial charge in [0.15, 0.2) is 6.29 Å². The summed E-state index contributed by atoms with van der Waals surface area (Å²) in [4.78, 5) is 10.9. The molecule has 17 heavy (non-hydrogen) atoms. The fourth-order valence-electron chi connectivity index (χ4n) is 2.46. The lowest BCUT2D eigenvalue weighted by molar-refractivity contribution is -0.0232. The predicted molar refractivity (Wildman–Crippen MR) is 65.3 cm³/mol. The van der Waals surface area contributed by atoms with Crippen LogP contribution in [0.5, 0.6) is 0 Å². The van der Waals surface area contributed by atoms with E-state index >= 15 is 0 Å². The van der Waals surface area contributed by atoms with Crippen molar-refractivity contribution in [2.75, 3.05) is 0 Å². The van der Waals surface area contributed by atoms with E-state index in [4.69, 9.17) is 4.74 Å². The number of nitrogens with zero attached hydrogens (tertiary/aromatic N) is 2. The molecule has 0 amide bonds. The van der Waals surface area contributed by atoms with Crippen LogP contribution in [0.3, 0.4) is 0 Å². The maximum Gasteiger partial charge on any atom is 0.153 e. The molecular formula is C13H20N2O2. The molecule has 1 aliphatic rings. The third kappa shape index (κ3) is 2.41. The summed E-state index contributed by atoms with van der Waals surface area (Å²) in [5.41, 5.74) is 2.43. The van der Waals surface area contributed by atoms with Crippen molar-refractivity contribution in [1.82, 2.24) is 9.78 Å². The highest BCUT2D eigenvalue weighted by atomic mass is 16.5. The maximum atomic E-state index is 10.9. The van der Waals surface area contributed by atoms with Gasteiger partial charge in [-0.3, -0.25) is 9.48 Å². The van der Waals surface area contributed by atoms with Gasteiger partial charge in [0.1, 0.15) is 0 Å². The fraction of sp³-hybridized carbons (Fsp3) is 0.692. The summed E-state index contributed by atoms with van der Waals surface area (Å²) in [6.45, 7) is 8.77. The van der Waals surface area contributed by atoms with Crippen molar-refractivity contribution < 1.29 is 9.53 Å². The molecule has 1 saturated heterocycles. The van der Waals surface area contributed by atoms with E-state index < -0.39 is 0 Å². The second-order valence-electron chi connectivity index (χ2n) is 5.42. The summed E-state index contributed by atoms with van der Waals surface area (Å²) in [6.07, 6.45) is 3.23. The Kier molecular flexibility index (Phi) is 3.08. The molecule has 0 bridgehead atoms. The number of ether oxygens (including phenoxy) is 1. The Morgan fingerprint density at radius 3 is 2.71 bits per heavy atom. The summed E-state index contributed by atoms with van der Waals surface area (Å²) in [6, 6.07) is 0. The lowest BCUT2D eigenvalue weighted by atomic mass is 10.1. The summed E-state index contributed by atoms with van der Waals surface area (Å²) in [5.74, 6) is 0. The lowest BCUT2D eigenvalue weighted by Crippen LogP contribution is -2.23. The molecule has 1 aliphatic heterocycles. The summed E-state index contributed by atoms with van der Waals surface area (Å²) in [7, 11) is 0. The summed E-state index contributed by atoms with van der Waals surface area (Å²) >= 11 is 0. The second kappa shape index (κ2) is 4.26. The van der Waals surface area contributed by atoms with Crippen molar-refractivity contribution in [3.05, 3.63) is 17.0 Å². The SMILES string of the molecule is Cc1nn(CC2CCC(C)(C)O2)c(C)c1C=O. The van der Waals surface area contributed by atoms with E-state index in [1.54, 1.807) is 0 Å². The van der Waals surface area contributed by atoms with Crippen LogP contribution in [0, 0.1) is 13.8 Å². The van der Waals surface area contributed by atoms with Gasteiger partial charge >= 0.3 is 0 Å². The molecule has 0 saturated carbocycles. The van der Waals surface area contributed by atoms with Gasteiger partial charge in [-0.15, -0.1) is 0 Å². The normalized spacial score (nSPS) is 22.9. The van der Waals surface area contributed by atoms with Crippen molar-refractivity contribution in [2.24, 2.45) is 0 Å². The zero-order valence-corrected chi connectivity index (χ0v) is 11.0. The number of hydrogen-bond acceptors (Lipinski definition) is 3. The monoisotopic (exact) mass is 236 g/mol. The molecule has 94 valence electrons. The van der Waals surface area contributed by atoms with Gasteiger partial charge in [0.05, 0.1) is 29.5 Å². The van der Waals surface area contributed by atoms with E-state index in [-0.39, 0.29) is 11.7 Å². The van der Waals surface area contributed by atoms with Crippen LogP contribution in [0.15, 0.2) is 0 Å². The molecule has 1 fully saturated rings. The Bertz CT molecular complexity index is 435. The Morgan fingerprint density at radius 1 is 1.53 bits per heavy atom. The Hall–Kier alpha value is -1.16. The van der Waals surface area contributed by atoms with Crippen molar-refractivity contribution in [3.63, 3.8) is 0 Å². The minimum atomic E-state index is -0.0196. The van der Waals surface area contributed by atoms with Crippen molar-refractivity contribution in [3.8, 4) is 0 Å². The molecule has 4 nitrogen and oxygen atoms in total. The van der Waals surface area contributed by atoms with Crippen LogP contribution >= 0.6 is 0 Å². The highest BCUT2D eigenvalue weighted by Gasteiger charge is 2.32. The van der Waals surface area contributed by atoms with Crippen molar-refractivity contribution in [1.29, 1.82) is 0 Å². The minimum absolute atomic E-state index is 0.0196. The minimum Gasteiger partial charge on any atom is -0.370 e. The van der Waals surface area contributed by atoms with Crippen LogP contribution in [0.1, 0.15) is 48.4 Å². The summed E-state index contributed by atoms with van der Waals surface area (Å²) < 4.78 is 7.84. The smallest absolute Gasteiger partial charge is 0.153 e. The van der Waals surface area contributed by atoms with Crippen LogP contribution < -0.4 is 0 Å². The van der Waals surface area contributed by atoms with Gasteiger partial charge in [0.25, 0.3) is 0 Å². The molecule has 0 spiro atoms. The third-order valence-corrected chi connectivity index (χ3v) is 3.49. The number of hydrogen-bond donors (Lipinski definition) is 0. The van der Waals surface area contributed by atoms with Crippen LogP contribution in [0.4, 0.5) is 0 Å². The molecule has 1 unspecified atom stereocenters. The molecule has 0 aliphatic carbocycles. The largest absolute Gasteiger partial charge is 0.370 e. The highest BCUT2D eigenvalue weighted by Crippen LogP contribution is 2.30. The van der Waals surface area contributed by atoms with E-state index in [0.29, 0.717) is 5.56 Å². The van der Waals surface area contributed by atoms with Gasteiger partial charge < -0.3 is 4.74 Å². The van der Waals surface area contributed by atoms with Crippen LogP contribution in [0.25, 0.3) is 0 Å². The number of carbonyl (C=O) groups excluding carboxylic acids is 1. The van der Waals surface area contributed by atoms with Crippen LogP contribution in [-0.4, -0.2) is 27.8 Å². The van der Waals surface area contributed by atoms with Gasteiger partial charge in [-0.05, 0) is 40.5 Å². The van der Waals surface area contributed by atoms with E-state index in [2.05, 4.69) is 18.9 Å². The average molecular weight is 236 g/mol. The first-order valence-electron chi connectivity index (χ1n) is 6.10. The molecule has 1 atom stereocenters. The molecule has 4 heteroatoms. The lowest BCUT2D eigenvalue weighted by Gasteiger charge is -2.19. The van der Waals surface area contributed by atoms with Crippen molar-refractivity contribution in [2.45, 2.75) is 58.8 Å². The molecule has 0 N–H and O–H groups in total. The first-order valence-corrected chi connectivity index (χ1v) is 6.10. The zero-order chi connectivity index (χ0) is 12.6. The number of rotatable bonds is 3. The molecule has 2 rings (SSSR count).